The zero-order chi connectivity index (χ0) is 20.2. The van der Waals surface area contributed by atoms with E-state index in [1.165, 1.54) is 29.5 Å². The first-order valence-electron chi connectivity index (χ1n) is 9.82. The third-order valence-electron chi connectivity index (χ3n) is 5.50. The number of hydrogen-bond acceptors (Lipinski definition) is 3. The Morgan fingerprint density at radius 1 is 1.14 bits per heavy atom. The monoisotopic (exact) mass is 407 g/mol. The highest BCUT2D eigenvalue weighted by atomic mass is 32.2. The molecule has 1 aliphatic carbocycles. The molecule has 0 saturated carbocycles. The van der Waals surface area contributed by atoms with E-state index in [2.05, 4.69) is 23.2 Å². The van der Waals surface area contributed by atoms with Crippen LogP contribution in [0.15, 0.2) is 70.7 Å². The summed E-state index contributed by atoms with van der Waals surface area (Å²) in [5.41, 5.74) is 3.90. The number of hydrogen-bond donors (Lipinski definition) is 1. The smallest absolute Gasteiger partial charge is 0.336 e. The van der Waals surface area contributed by atoms with Crippen molar-refractivity contribution in [3.8, 4) is 0 Å². The Morgan fingerprint density at radius 2 is 1.93 bits per heavy atom. The molecule has 1 aliphatic rings. The van der Waals surface area contributed by atoms with Crippen molar-refractivity contribution in [2.45, 2.75) is 47.8 Å². The summed E-state index contributed by atoms with van der Waals surface area (Å²) in [5, 5.41) is 9.38. The molecule has 148 valence electrons. The number of rotatable bonds is 6. The van der Waals surface area contributed by atoms with Gasteiger partial charge >= 0.3 is 5.97 Å². The lowest BCUT2D eigenvalue weighted by molar-refractivity contribution is 0.0695. The molecule has 0 unspecified atom stereocenters. The Bertz CT molecular complexity index is 1020. The van der Waals surface area contributed by atoms with Gasteiger partial charge in [0.2, 0.25) is 0 Å². The van der Waals surface area contributed by atoms with E-state index < -0.39 is 5.97 Å². The number of fused-ring (bicyclic) bond motifs is 1. The predicted octanol–water partition coefficient (Wildman–Crippen LogP) is 6.12. The molecule has 3 nitrogen and oxygen atoms in total. The number of carboxylic acid groups (broad SMARTS) is 1. The van der Waals surface area contributed by atoms with Crippen molar-refractivity contribution in [2.24, 2.45) is 0 Å². The maximum absolute atomic E-state index is 13.1. The van der Waals surface area contributed by atoms with Crippen LogP contribution < -0.4 is 0 Å². The van der Waals surface area contributed by atoms with Gasteiger partial charge in [0.25, 0.3) is 0 Å². The zero-order valence-electron chi connectivity index (χ0n) is 16.0. The molecule has 0 amide bonds. The van der Waals surface area contributed by atoms with E-state index >= 15 is 0 Å². The van der Waals surface area contributed by atoms with Crippen LogP contribution >= 0.6 is 11.8 Å². The van der Waals surface area contributed by atoms with E-state index in [-0.39, 0.29) is 5.82 Å². The Labute approximate surface area is 174 Å². The zero-order valence-corrected chi connectivity index (χ0v) is 16.8. The molecule has 29 heavy (non-hydrogen) atoms. The summed E-state index contributed by atoms with van der Waals surface area (Å²) in [6.07, 6.45) is 8.17. The van der Waals surface area contributed by atoms with Gasteiger partial charge in [0.15, 0.2) is 0 Å². The van der Waals surface area contributed by atoms with Crippen LogP contribution in [0.4, 0.5) is 4.39 Å². The van der Waals surface area contributed by atoms with E-state index in [9.17, 15) is 14.3 Å². The second kappa shape index (κ2) is 8.78. The number of aryl methyl sites for hydroxylation is 2. The lowest BCUT2D eigenvalue weighted by Gasteiger charge is -2.26. The predicted molar refractivity (Wildman–Crippen MR) is 112 cm³/mol. The minimum absolute atomic E-state index is 0.220. The Kier molecular flexibility index (Phi) is 5.95. The topological polar surface area (TPSA) is 50.2 Å². The van der Waals surface area contributed by atoms with E-state index in [0.29, 0.717) is 17.9 Å². The highest BCUT2D eigenvalue weighted by molar-refractivity contribution is 7.99. The van der Waals surface area contributed by atoms with Gasteiger partial charge in [-0.05, 0) is 97.2 Å². The van der Waals surface area contributed by atoms with Crippen LogP contribution in [0.2, 0.25) is 0 Å². The summed E-state index contributed by atoms with van der Waals surface area (Å²) in [6, 6.07) is 14.8. The molecule has 0 radical (unpaired) electrons. The summed E-state index contributed by atoms with van der Waals surface area (Å²) in [7, 11) is 0. The quantitative estimate of drug-likeness (QED) is 0.535. The number of aromatic nitrogens is 1. The maximum atomic E-state index is 13.1. The highest BCUT2D eigenvalue weighted by Crippen LogP contribution is 2.38. The lowest BCUT2D eigenvalue weighted by Crippen LogP contribution is -2.12. The van der Waals surface area contributed by atoms with Crippen molar-refractivity contribution in [1.82, 2.24) is 4.98 Å². The van der Waals surface area contributed by atoms with Crippen molar-refractivity contribution in [2.75, 3.05) is 0 Å². The van der Waals surface area contributed by atoms with Crippen LogP contribution in [0, 0.1) is 5.82 Å². The lowest BCUT2D eigenvalue weighted by atomic mass is 9.80. The largest absolute Gasteiger partial charge is 0.478 e. The summed E-state index contributed by atoms with van der Waals surface area (Å²) in [5.74, 6) is -0.679. The summed E-state index contributed by atoms with van der Waals surface area (Å²) < 4.78 is 13.1. The molecule has 1 N–H and O–H groups in total. The van der Waals surface area contributed by atoms with Gasteiger partial charge in [0, 0.05) is 22.2 Å². The molecular formula is C24H22FNO2S. The fourth-order valence-electron chi connectivity index (χ4n) is 4.06. The van der Waals surface area contributed by atoms with Crippen LogP contribution in [0.25, 0.3) is 0 Å². The van der Waals surface area contributed by atoms with Crippen LogP contribution in [0.5, 0.6) is 0 Å². The minimum atomic E-state index is -0.895. The van der Waals surface area contributed by atoms with E-state index in [1.54, 1.807) is 36.2 Å². The number of carboxylic acids is 1. The van der Waals surface area contributed by atoms with Crippen LogP contribution in [0.3, 0.4) is 0 Å². The Morgan fingerprint density at radius 3 is 2.72 bits per heavy atom. The van der Waals surface area contributed by atoms with Gasteiger partial charge in [-0.1, -0.05) is 17.8 Å². The standard InChI is InChI=1S/C24H22FNO2S/c25-19-6-8-20(9-7-19)29-21-10-11-22-16(2-1-3-17(22)14-21)4-5-18-15-26-13-12-23(18)24(27)28/h6-16H,1-5H2,(H,27,28)/t16-/m1/s1. The maximum Gasteiger partial charge on any atom is 0.336 e. The molecule has 1 heterocycles. The first-order chi connectivity index (χ1) is 14.1. The SMILES string of the molecule is O=C(O)c1ccncc1CC[C@H]1CCCc2cc(Sc3ccc(F)cc3)ccc21. The Balaban J connectivity index is 1.48. The third-order valence-corrected chi connectivity index (χ3v) is 6.50. The minimum Gasteiger partial charge on any atom is -0.478 e. The number of benzene rings is 2. The van der Waals surface area contributed by atoms with E-state index in [0.717, 1.165) is 41.0 Å². The van der Waals surface area contributed by atoms with Crippen molar-refractivity contribution in [3.05, 3.63) is 89.0 Å². The fourth-order valence-corrected chi connectivity index (χ4v) is 4.94. The van der Waals surface area contributed by atoms with Crippen molar-refractivity contribution >= 4 is 17.7 Å². The summed E-state index contributed by atoms with van der Waals surface area (Å²) >= 11 is 1.65. The van der Waals surface area contributed by atoms with Crippen LogP contribution in [0.1, 0.15) is 52.2 Å². The van der Waals surface area contributed by atoms with E-state index in [1.807, 2.05) is 0 Å². The Hall–Kier alpha value is -2.66. The summed E-state index contributed by atoms with van der Waals surface area (Å²) in [6.45, 7) is 0. The molecule has 0 fully saturated rings. The van der Waals surface area contributed by atoms with Gasteiger partial charge in [-0.15, -0.1) is 0 Å². The molecular weight excluding hydrogens is 385 g/mol. The van der Waals surface area contributed by atoms with Crippen LogP contribution in [-0.2, 0) is 12.8 Å². The van der Waals surface area contributed by atoms with Crippen molar-refractivity contribution < 1.29 is 14.3 Å². The average Bonchev–Trinajstić information content (AvgIpc) is 2.74. The van der Waals surface area contributed by atoms with Gasteiger partial charge in [-0.3, -0.25) is 4.98 Å². The number of halogens is 1. The van der Waals surface area contributed by atoms with Gasteiger partial charge in [0.05, 0.1) is 5.56 Å². The van der Waals surface area contributed by atoms with E-state index in [4.69, 9.17) is 0 Å². The molecule has 0 saturated heterocycles. The van der Waals surface area contributed by atoms with Gasteiger partial charge in [0.1, 0.15) is 5.82 Å². The third kappa shape index (κ3) is 4.67. The molecule has 1 atom stereocenters. The van der Waals surface area contributed by atoms with Gasteiger partial charge < -0.3 is 5.11 Å². The van der Waals surface area contributed by atoms with Crippen molar-refractivity contribution in [1.29, 1.82) is 0 Å². The normalized spacial score (nSPS) is 15.7. The van der Waals surface area contributed by atoms with Crippen LogP contribution in [-0.4, -0.2) is 16.1 Å². The molecule has 0 spiro atoms. The molecule has 1 aromatic heterocycles. The number of nitrogens with zero attached hydrogens (tertiary/aromatic N) is 1. The average molecular weight is 408 g/mol. The van der Waals surface area contributed by atoms with Crippen molar-refractivity contribution in [3.63, 3.8) is 0 Å². The van der Waals surface area contributed by atoms with Gasteiger partial charge in [-0.2, -0.15) is 0 Å². The summed E-state index contributed by atoms with van der Waals surface area (Å²) in [4.78, 5) is 17.7. The first kappa shape index (κ1) is 19.6. The first-order valence-corrected chi connectivity index (χ1v) is 10.6. The second-order valence-corrected chi connectivity index (χ2v) is 8.53. The second-order valence-electron chi connectivity index (χ2n) is 7.38. The molecule has 3 aromatic rings. The number of carbonyl (C=O) groups is 1. The fraction of sp³-hybridized carbons (Fsp3) is 0.250. The van der Waals surface area contributed by atoms with Gasteiger partial charge in [-0.25, -0.2) is 9.18 Å². The highest BCUT2D eigenvalue weighted by Gasteiger charge is 2.21. The number of aromatic carboxylic acids is 1. The molecule has 0 aliphatic heterocycles. The molecule has 2 aromatic carbocycles. The number of pyridine rings is 1. The molecule has 4 rings (SSSR count). The molecule has 0 bridgehead atoms. The molecule has 5 heteroatoms.